The maximum absolute atomic E-state index is 13.0. The van der Waals surface area contributed by atoms with E-state index in [0.717, 1.165) is 4.88 Å². The molecule has 2 rings (SSSR count). The van der Waals surface area contributed by atoms with E-state index in [1.807, 2.05) is 24.4 Å². The Morgan fingerprint density at radius 2 is 2.17 bits per heavy atom. The molecule has 2 N–H and O–H groups in total. The number of hydrogen-bond acceptors (Lipinski definition) is 3. The highest BCUT2D eigenvalue weighted by Gasteiger charge is 2.20. The zero-order chi connectivity index (χ0) is 13.1. The second kappa shape index (κ2) is 5.69. The molecule has 0 aliphatic heterocycles. The Morgan fingerprint density at radius 1 is 1.39 bits per heavy atom. The van der Waals surface area contributed by atoms with E-state index in [1.165, 1.54) is 18.2 Å². The summed E-state index contributed by atoms with van der Waals surface area (Å²) in [5.41, 5.74) is 5.92. The third-order valence-corrected chi connectivity index (χ3v) is 3.68. The van der Waals surface area contributed by atoms with Gasteiger partial charge in [-0.05, 0) is 36.6 Å². The third-order valence-electron chi connectivity index (χ3n) is 2.45. The van der Waals surface area contributed by atoms with Crippen molar-refractivity contribution in [3.8, 4) is 5.75 Å². The van der Waals surface area contributed by atoms with Crippen LogP contribution in [0.4, 0.5) is 4.39 Å². The molecule has 0 aliphatic rings. The second-order valence-corrected chi connectivity index (χ2v) is 5.37. The highest BCUT2D eigenvalue weighted by molar-refractivity contribution is 7.10. The first-order valence-electron chi connectivity index (χ1n) is 5.48. The maximum atomic E-state index is 13.0. The van der Waals surface area contributed by atoms with Crippen LogP contribution in [0.2, 0.25) is 5.02 Å². The third kappa shape index (κ3) is 3.02. The summed E-state index contributed by atoms with van der Waals surface area (Å²) in [7, 11) is 0. The first kappa shape index (κ1) is 13.3. The van der Waals surface area contributed by atoms with Crippen LogP contribution < -0.4 is 10.5 Å². The van der Waals surface area contributed by atoms with E-state index in [-0.39, 0.29) is 23.0 Å². The minimum absolute atomic E-state index is 0.190. The Bertz CT molecular complexity index is 516. The summed E-state index contributed by atoms with van der Waals surface area (Å²) >= 11 is 7.50. The summed E-state index contributed by atoms with van der Waals surface area (Å²) in [6.07, 6.45) is -0.284. The average Bonchev–Trinajstić information content (AvgIpc) is 2.80. The van der Waals surface area contributed by atoms with Crippen molar-refractivity contribution in [3.63, 3.8) is 0 Å². The summed E-state index contributed by atoms with van der Waals surface area (Å²) in [4.78, 5) is 1.02. The highest BCUT2D eigenvalue weighted by Crippen LogP contribution is 2.32. The molecule has 0 saturated carbocycles. The smallest absolute Gasteiger partial charge is 0.148 e. The Balaban J connectivity index is 2.24. The lowest BCUT2D eigenvalue weighted by molar-refractivity contribution is 0.184. The molecule has 2 aromatic rings. The average molecular weight is 286 g/mol. The van der Waals surface area contributed by atoms with Crippen molar-refractivity contribution in [2.75, 3.05) is 0 Å². The Labute approximate surface area is 114 Å². The maximum Gasteiger partial charge on any atom is 0.148 e. The molecule has 96 valence electrons. The molecule has 1 aromatic heterocycles. The molecular weight excluding hydrogens is 273 g/mol. The SMILES string of the molecule is CC(N)C(Oc1ccc(F)cc1Cl)c1cccs1. The lowest BCUT2D eigenvalue weighted by Crippen LogP contribution is -2.28. The van der Waals surface area contributed by atoms with Crippen molar-refractivity contribution in [1.29, 1.82) is 0 Å². The van der Waals surface area contributed by atoms with Gasteiger partial charge in [0.2, 0.25) is 0 Å². The van der Waals surface area contributed by atoms with Crippen molar-refractivity contribution in [3.05, 3.63) is 51.4 Å². The van der Waals surface area contributed by atoms with Crippen LogP contribution in [0.3, 0.4) is 0 Å². The Hall–Kier alpha value is -1.10. The quantitative estimate of drug-likeness (QED) is 0.921. The van der Waals surface area contributed by atoms with E-state index in [1.54, 1.807) is 11.3 Å². The number of hydrogen-bond donors (Lipinski definition) is 1. The minimum atomic E-state index is -0.388. The molecule has 2 unspecified atom stereocenters. The zero-order valence-corrected chi connectivity index (χ0v) is 11.3. The van der Waals surface area contributed by atoms with Gasteiger partial charge in [-0.3, -0.25) is 0 Å². The van der Waals surface area contributed by atoms with Crippen molar-refractivity contribution in [1.82, 2.24) is 0 Å². The second-order valence-electron chi connectivity index (χ2n) is 3.99. The van der Waals surface area contributed by atoms with Crippen LogP contribution in [0.15, 0.2) is 35.7 Å². The van der Waals surface area contributed by atoms with Crippen LogP contribution in [0.5, 0.6) is 5.75 Å². The van der Waals surface area contributed by atoms with Crippen molar-refractivity contribution < 1.29 is 9.13 Å². The fourth-order valence-corrected chi connectivity index (χ4v) is 2.67. The molecule has 2 atom stereocenters. The first-order chi connectivity index (χ1) is 8.58. The van der Waals surface area contributed by atoms with Crippen molar-refractivity contribution in [2.45, 2.75) is 19.1 Å². The van der Waals surface area contributed by atoms with Crippen molar-refractivity contribution >= 4 is 22.9 Å². The van der Waals surface area contributed by atoms with Gasteiger partial charge in [0.05, 0.1) is 5.02 Å². The van der Waals surface area contributed by atoms with Gasteiger partial charge in [-0.15, -0.1) is 11.3 Å². The Morgan fingerprint density at radius 3 is 2.72 bits per heavy atom. The van der Waals surface area contributed by atoms with E-state index >= 15 is 0 Å². The topological polar surface area (TPSA) is 35.2 Å². The molecule has 0 radical (unpaired) electrons. The minimum Gasteiger partial charge on any atom is -0.482 e. The van der Waals surface area contributed by atoms with E-state index < -0.39 is 0 Å². The molecule has 1 aromatic carbocycles. The Kier molecular flexibility index (Phi) is 4.22. The fraction of sp³-hybridized carbons (Fsp3) is 0.231. The van der Waals surface area contributed by atoms with Crippen LogP contribution in [0.1, 0.15) is 17.9 Å². The first-order valence-corrected chi connectivity index (χ1v) is 6.74. The largest absolute Gasteiger partial charge is 0.482 e. The van der Waals surface area contributed by atoms with Gasteiger partial charge in [-0.25, -0.2) is 4.39 Å². The highest BCUT2D eigenvalue weighted by atomic mass is 35.5. The van der Waals surface area contributed by atoms with E-state index in [4.69, 9.17) is 22.1 Å². The van der Waals surface area contributed by atoms with Crippen molar-refractivity contribution in [2.24, 2.45) is 5.73 Å². The molecule has 0 bridgehead atoms. The molecule has 0 spiro atoms. The van der Waals surface area contributed by atoms with Gasteiger partial charge >= 0.3 is 0 Å². The van der Waals surface area contributed by atoms with Crippen LogP contribution in [-0.4, -0.2) is 6.04 Å². The number of rotatable bonds is 4. The molecule has 0 amide bonds. The van der Waals surface area contributed by atoms with Crippen LogP contribution in [0, 0.1) is 5.82 Å². The van der Waals surface area contributed by atoms with Gasteiger partial charge in [0.1, 0.15) is 17.7 Å². The standard InChI is InChI=1S/C13H13ClFNOS/c1-8(16)13(12-3-2-6-18-12)17-11-5-4-9(15)7-10(11)14/h2-8,13H,16H2,1H3. The summed E-state index contributed by atoms with van der Waals surface area (Å²) in [5, 5.41) is 2.21. The summed E-state index contributed by atoms with van der Waals surface area (Å²) < 4.78 is 18.7. The van der Waals surface area contributed by atoms with E-state index in [0.29, 0.717) is 5.75 Å². The predicted molar refractivity (Wildman–Crippen MR) is 72.7 cm³/mol. The lowest BCUT2D eigenvalue weighted by atomic mass is 10.1. The molecule has 0 saturated heterocycles. The van der Waals surface area contributed by atoms with Gasteiger partial charge in [0.25, 0.3) is 0 Å². The lowest BCUT2D eigenvalue weighted by Gasteiger charge is -2.22. The van der Waals surface area contributed by atoms with Crippen LogP contribution in [0.25, 0.3) is 0 Å². The molecule has 1 heterocycles. The van der Waals surface area contributed by atoms with Gasteiger partial charge in [0.15, 0.2) is 0 Å². The fourth-order valence-electron chi connectivity index (χ4n) is 1.59. The van der Waals surface area contributed by atoms with Gasteiger partial charge in [0, 0.05) is 10.9 Å². The number of halogens is 2. The summed E-state index contributed by atoms with van der Waals surface area (Å²) in [6, 6.07) is 7.75. The molecule has 0 fully saturated rings. The molecule has 2 nitrogen and oxygen atoms in total. The van der Waals surface area contributed by atoms with E-state index in [2.05, 4.69) is 0 Å². The number of nitrogens with two attached hydrogens (primary N) is 1. The number of thiophene rings is 1. The van der Waals surface area contributed by atoms with Gasteiger partial charge in [-0.1, -0.05) is 17.7 Å². The monoisotopic (exact) mass is 285 g/mol. The number of benzene rings is 1. The molecule has 18 heavy (non-hydrogen) atoms. The predicted octanol–water partition coefficient (Wildman–Crippen LogP) is 4.01. The molecule has 5 heteroatoms. The zero-order valence-electron chi connectivity index (χ0n) is 9.77. The van der Waals surface area contributed by atoms with Gasteiger partial charge in [-0.2, -0.15) is 0 Å². The summed E-state index contributed by atoms with van der Waals surface area (Å²) in [5.74, 6) is 0.0505. The number of ether oxygens (including phenoxy) is 1. The van der Waals surface area contributed by atoms with E-state index in [9.17, 15) is 4.39 Å². The van der Waals surface area contributed by atoms with Crippen LogP contribution in [-0.2, 0) is 0 Å². The van der Waals surface area contributed by atoms with Crippen LogP contribution >= 0.6 is 22.9 Å². The van der Waals surface area contributed by atoms with Gasteiger partial charge < -0.3 is 10.5 Å². The summed E-state index contributed by atoms with van der Waals surface area (Å²) in [6.45, 7) is 1.86. The molecular formula is C13H13ClFNOS. The normalized spacial score (nSPS) is 14.2. The molecule has 0 aliphatic carbocycles.